The molecule has 6 atom stereocenters. The summed E-state index contributed by atoms with van der Waals surface area (Å²) < 4.78 is 58.9. The van der Waals surface area contributed by atoms with E-state index in [0.29, 0.717) is 13.0 Å². The highest BCUT2D eigenvalue weighted by molar-refractivity contribution is 7.80. The number of hydrogen-bond acceptors (Lipinski definition) is 11. The summed E-state index contributed by atoms with van der Waals surface area (Å²) in [6, 6.07) is 0. The van der Waals surface area contributed by atoms with E-state index in [2.05, 4.69) is 42.3 Å². The van der Waals surface area contributed by atoms with Crippen molar-refractivity contribution in [1.82, 2.24) is 0 Å². The van der Waals surface area contributed by atoms with E-state index in [4.69, 9.17) is 23.5 Å². The molecule has 13 heteroatoms. The average molecular weight is 793 g/mol. The molecule has 12 nitrogen and oxygen atoms in total. The largest absolute Gasteiger partial charge is 0.457 e. The summed E-state index contributed by atoms with van der Waals surface area (Å²) in [5.41, 5.74) is 0. The van der Waals surface area contributed by atoms with Crippen LogP contribution in [-0.4, -0.2) is 97.5 Å². The third-order valence-corrected chi connectivity index (χ3v) is 10.0. The fraction of sp³-hybridized carbons (Fsp3) is 0.878. The van der Waals surface area contributed by atoms with Gasteiger partial charge in [-0.1, -0.05) is 122 Å². The number of hydrogen-bond donors (Lipinski definition) is 4. The smallest absolute Gasteiger partial charge is 0.397 e. The van der Waals surface area contributed by atoms with Crippen LogP contribution in [0.15, 0.2) is 24.3 Å². The topological polar surface area (TPSA) is 178 Å². The highest BCUT2D eigenvalue weighted by Gasteiger charge is 2.48. The predicted octanol–water partition coefficient (Wildman–Crippen LogP) is 8.07. The Labute approximate surface area is 327 Å². The Morgan fingerprint density at radius 1 is 0.685 bits per heavy atom. The van der Waals surface area contributed by atoms with Crippen molar-refractivity contribution in [3.63, 3.8) is 0 Å². The van der Waals surface area contributed by atoms with Gasteiger partial charge in [0, 0.05) is 13.0 Å². The van der Waals surface area contributed by atoms with E-state index in [1.54, 1.807) is 0 Å². The number of carbonyl (C=O) groups is 1. The maximum atomic E-state index is 12.8. The minimum Gasteiger partial charge on any atom is -0.457 e. The zero-order chi connectivity index (χ0) is 39.7. The van der Waals surface area contributed by atoms with Crippen molar-refractivity contribution < 1.29 is 56.2 Å². The van der Waals surface area contributed by atoms with Crippen LogP contribution in [0.4, 0.5) is 0 Å². The number of rotatable bonds is 36. The normalized spacial score (nSPS) is 21.3. The molecule has 6 unspecified atom stereocenters. The second-order valence-corrected chi connectivity index (χ2v) is 15.6. The first-order valence-electron chi connectivity index (χ1n) is 21.1. The van der Waals surface area contributed by atoms with Crippen molar-refractivity contribution in [3.05, 3.63) is 24.3 Å². The van der Waals surface area contributed by atoms with Crippen molar-refractivity contribution in [3.8, 4) is 0 Å². The van der Waals surface area contributed by atoms with Crippen LogP contribution in [0, 0.1) is 0 Å². The molecule has 0 spiro atoms. The Hall–Kier alpha value is -1.42. The van der Waals surface area contributed by atoms with E-state index < -0.39 is 59.8 Å². The first-order chi connectivity index (χ1) is 26.1. The Balaban J connectivity index is 2.48. The molecule has 0 saturated carbocycles. The van der Waals surface area contributed by atoms with Gasteiger partial charge in [0.2, 0.25) is 0 Å². The molecule has 54 heavy (non-hydrogen) atoms. The highest BCUT2D eigenvalue weighted by atomic mass is 32.3. The van der Waals surface area contributed by atoms with E-state index in [9.17, 15) is 28.5 Å². The molecule has 318 valence electrons. The summed E-state index contributed by atoms with van der Waals surface area (Å²) in [4.78, 5) is 12.8. The predicted molar refractivity (Wildman–Crippen MR) is 211 cm³/mol. The van der Waals surface area contributed by atoms with E-state index in [1.165, 1.54) is 77.0 Å². The molecule has 0 bridgehead atoms. The van der Waals surface area contributed by atoms with Crippen LogP contribution in [0.2, 0.25) is 0 Å². The number of aliphatic hydroxyl groups is 3. The summed E-state index contributed by atoms with van der Waals surface area (Å²) >= 11 is 0. The number of esters is 1. The maximum absolute atomic E-state index is 12.8. The number of unbranched alkanes of at least 4 members (excludes halogenated alkanes) is 19. The van der Waals surface area contributed by atoms with Crippen LogP contribution in [0.25, 0.3) is 0 Å². The molecular formula is C41H76O12S. The molecule has 4 N–H and O–H groups in total. The van der Waals surface area contributed by atoms with E-state index >= 15 is 0 Å². The van der Waals surface area contributed by atoms with E-state index in [1.807, 2.05) is 0 Å². The molecule has 1 rings (SSSR count). The third kappa shape index (κ3) is 27.2. The molecule has 1 aliphatic heterocycles. The molecule has 1 fully saturated rings. The van der Waals surface area contributed by atoms with Crippen molar-refractivity contribution in [2.75, 3.05) is 26.4 Å². The highest BCUT2D eigenvalue weighted by Crippen LogP contribution is 2.26. The number of aliphatic hydroxyl groups excluding tert-OH is 3. The third-order valence-electron chi connectivity index (χ3n) is 9.55. The fourth-order valence-corrected chi connectivity index (χ4v) is 6.82. The van der Waals surface area contributed by atoms with E-state index in [0.717, 1.165) is 64.2 Å². The summed E-state index contributed by atoms with van der Waals surface area (Å²) in [6.07, 6.45) is 26.4. The molecule has 0 radical (unpaired) electrons. The molecule has 0 aromatic heterocycles. The van der Waals surface area contributed by atoms with Crippen LogP contribution in [0.1, 0.15) is 168 Å². The van der Waals surface area contributed by atoms with Gasteiger partial charge >= 0.3 is 16.4 Å². The van der Waals surface area contributed by atoms with E-state index in [-0.39, 0.29) is 19.6 Å². The van der Waals surface area contributed by atoms with Crippen molar-refractivity contribution in [2.24, 2.45) is 0 Å². The zero-order valence-corrected chi connectivity index (χ0v) is 34.4. The summed E-state index contributed by atoms with van der Waals surface area (Å²) in [5, 5.41) is 30.6. The van der Waals surface area contributed by atoms with Crippen LogP contribution in [0.5, 0.6) is 0 Å². The van der Waals surface area contributed by atoms with Crippen molar-refractivity contribution in [1.29, 1.82) is 0 Å². The van der Waals surface area contributed by atoms with Gasteiger partial charge in [0.1, 0.15) is 30.5 Å². The second kappa shape index (κ2) is 33.7. The van der Waals surface area contributed by atoms with Crippen LogP contribution in [-0.2, 0) is 38.3 Å². The minimum absolute atomic E-state index is 0.0302. The monoisotopic (exact) mass is 793 g/mol. The molecule has 0 aromatic carbocycles. The summed E-state index contributed by atoms with van der Waals surface area (Å²) in [6.45, 7) is 3.93. The average Bonchev–Trinajstić information content (AvgIpc) is 3.14. The van der Waals surface area contributed by atoms with Gasteiger partial charge in [0.05, 0.1) is 19.8 Å². The molecular weight excluding hydrogens is 717 g/mol. The quantitative estimate of drug-likeness (QED) is 0.0208. The Kier molecular flexibility index (Phi) is 31.6. The van der Waals surface area contributed by atoms with Crippen molar-refractivity contribution in [2.45, 2.75) is 205 Å². The van der Waals surface area contributed by atoms with Crippen LogP contribution in [0.3, 0.4) is 0 Å². The molecule has 1 heterocycles. The summed E-state index contributed by atoms with van der Waals surface area (Å²) in [7, 11) is -5.06. The molecule has 0 aliphatic carbocycles. The first-order valence-corrected chi connectivity index (χ1v) is 22.5. The first kappa shape index (κ1) is 50.6. The van der Waals surface area contributed by atoms with Gasteiger partial charge in [-0.05, 0) is 64.2 Å². The van der Waals surface area contributed by atoms with Gasteiger partial charge in [-0.3, -0.25) is 9.35 Å². The number of allylic oxidation sites excluding steroid dienone is 4. The lowest BCUT2D eigenvalue weighted by Gasteiger charge is -2.41. The maximum Gasteiger partial charge on any atom is 0.397 e. The van der Waals surface area contributed by atoms with Crippen LogP contribution >= 0.6 is 0 Å². The minimum atomic E-state index is -5.06. The Morgan fingerprint density at radius 2 is 1.17 bits per heavy atom. The lowest BCUT2D eigenvalue weighted by molar-refractivity contribution is -0.301. The second-order valence-electron chi connectivity index (χ2n) is 14.6. The lowest BCUT2D eigenvalue weighted by atomic mass is 9.99. The number of ether oxygens (including phenoxy) is 4. The molecule has 0 aromatic rings. The van der Waals surface area contributed by atoms with Gasteiger partial charge in [-0.2, -0.15) is 8.42 Å². The Morgan fingerprint density at radius 3 is 1.67 bits per heavy atom. The van der Waals surface area contributed by atoms with Gasteiger partial charge in [0.25, 0.3) is 0 Å². The Bertz CT molecular complexity index is 1050. The van der Waals surface area contributed by atoms with Gasteiger partial charge in [0.15, 0.2) is 6.29 Å². The lowest BCUT2D eigenvalue weighted by Crippen LogP contribution is -2.60. The molecule has 1 saturated heterocycles. The molecule has 0 amide bonds. The van der Waals surface area contributed by atoms with Gasteiger partial charge in [-0.25, -0.2) is 4.18 Å². The van der Waals surface area contributed by atoms with Crippen LogP contribution < -0.4 is 0 Å². The zero-order valence-electron chi connectivity index (χ0n) is 33.5. The van der Waals surface area contributed by atoms with Gasteiger partial charge < -0.3 is 34.3 Å². The SMILES string of the molecule is CCCCCC/C=C\CCCCCCCCOCC(COC1OC(CO)C(O)C(OS(=O)(=O)O)C1O)OC(=O)CCCCCCC/C=C\CCCCCC. The standard InChI is InChI=1S/C41H76O12S/c1-3-5-7-9-11-13-15-17-19-21-23-25-27-29-31-49-33-35(34-50-41-39(45)40(53-54(46,47)48)38(44)36(32-42)52-41)51-37(43)30-28-26-24-22-20-18-16-14-12-10-8-6-4-2/h13-16,35-36,38-42,44-45H,3-12,17-34H2,1-2H3,(H,46,47,48)/b15-13-,16-14-. The molecule has 1 aliphatic rings. The fourth-order valence-electron chi connectivity index (χ4n) is 6.31. The summed E-state index contributed by atoms with van der Waals surface area (Å²) in [5.74, 6) is -0.411. The number of carbonyl (C=O) groups excluding carboxylic acids is 1. The van der Waals surface area contributed by atoms with Gasteiger partial charge in [-0.15, -0.1) is 0 Å². The van der Waals surface area contributed by atoms with Crippen molar-refractivity contribution >= 4 is 16.4 Å².